The summed E-state index contributed by atoms with van der Waals surface area (Å²) >= 11 is 0. The number of phosphoric acid groups is 1. The number of anilines is 1. The highest BCUT2D eigenvalue weighted by molar-refractivity contribution is 7.58. The lowest BCUT2D eigenvalue weighted by Crippen LogP contribution is -2.26. The van der Waals surface area contributed by atoms with Crippen LogP contribution in [0.3, 0.4) is 0 Å². The predicted molar refractivity (Wildman–Crippen MR) is 58.9 cm³/mol. The monoisotopic (exact) mass is 333 g/mol. The number of aromatic nitrogens is 2. The van der Waals surface area contributed by atoms with Crippen LogP contribution in [0.4, 0.5) is 5.82 Å². The molecule has 0 radical (unpaired) electrons. The van der Waals surface area contributed by atoms with Crippen molar-refractivity contribution in [1.82, 2.24) is 9.71 Å². The van der Waals surface area contributed by atoms with Gasteiger partial charge in [-0.25, -0.2) is 9.36 Å². The van der Waals surface area contributed by atoms with Gasteiger partial charge >= 0.3 is 30.0 Å². The molecule has 0 saturated carbocycles. The minimum atomic E-state index is -5.07. The number of rotatable bonds is 6. The molecule has 1 heterocycles. The molecule has 0 aliphatic carbocycles. The van der Waals surface area contributed by atoms with E-state index in [1.54, 1.807) is 0 Å². The van der Waals surface area contributed by atoms with Gasteiger partial charge in [0.2, 0.25) is 0 Å². The Balaban J connectivity index is 2.63. The van der Waals surface area contributed by atoms with E-state index in [0.717, 1.165) is 12.3 Å². The Bertz CT molecular complexity index is 607. The molecule has 2 atom stereocenters. The first-order valence-corrected chi connectivity index (χ1v) is 7.81. The summed E-state index contributed by atoms with van der Waals surface area (Å²) in [6, 6.07) is 1.14. The smallest absolute Gasteiger partial charge is 0.383 e. The third-order valence-electron chi connectivity index (χ3n) is 1.25. The minimum Gasteiger partial charge on any atom is -0.383 e. The second kappa shape index (κ2) is 6.27. The van der Waals surface area contributed by atoms with Gasteiger partial charge in [0.15, 0.2) is 4.31 Å². The average Bonchev–Trinajstić information content (AvgIpc) is 2.19. The van der Waals surface area contributed by atoms with Crippen molar-refractivity contribution in [3.8, 4) is 0 Å². The van der Waals surface area contributed by atoms with Crippen LogP contribution < -0.4 is 16.0 Å². The van der Waals surface area contributed by atoms with E-state index in [4.69, 9.17) is 15.5 Å². The zero-order chi connectivity index (χ0) is 14.6. The maximum Gasteiger partial charge on any atom is 0.821 e. The van der Waals surface area contributed by atoms with Gasteiger partial charge in [-0.2, -0.15) is 4.98 Å². The summed E-state index contributed by atoms with van der Waals surface area (Å²) in [6.07, 6.45) is 0.957. The van der Waals surface area contributed by atoms with Crippen molar-refractivity contribution >= 4 is 30.2 Å². The third-order valence-corrected chi connectivity index (χ3v) is 4.02. The number of hydrogen-bond donors (Lipinski definition) is 3. The van der Waals surface area contributed by atoms with Crippen molar-refractivity contribution in [3.05, 3.63) is 22.7 Å². The molecule has 0 aliphatic heterocycles. The topological polar surface area (TPSA) is 180 Å². The Morgan fingerprint density at radius 1 is 1.37 bits per heavy atom. The molecule has 15 heteroatoms. The Hall–Kier alpha value is -1.25. The molecule has 104 valence electrons. The van der Waals surface area contributed by atoms with E-state index in [-0.39, 0.29) is 5.82 Å². The molecule has 0 aromatic carbocycles. The molecular weight excluding hydrogens is 327 g/mol. The first-order valence-electron chi connectivity index (χ1n) is 4.09. The fraction of sp³-hybridized carbons (Fsp3) is 0. The quantitative estimate of drug-likeness (QED) is 0.581. The lowest BCUT2D eigenvalue weighted by atomic mass is 10.6. The van der Waals surface area contributed by atoms with Gasteiger partial charge < -0.3 is 15.5 Å². The molecule has 4 N–H and O–H groups in total. The van der Waals surface area contributed by atoms with Crippen LogP contribution in [-0.4, -0.2) is 19.5 Å². The zero-order valence-corrected chi connectivity index (χ0v) is 11.4. The van der Waals surface area contributed by atoms with E-state index in [2.05, 4.69) is 18.2 Å². The number of hydrogen-bond acceptors (Lipinski definition) is 9. The number of nitrogens with zero attached hydrogens (tertiary/aromatic N) is 2. The summed E-state index contributed by atoms with van der Waals surface area (Å²) in [6.45, 7) is 0. The molecule has 0 bridgehead atoms. The van der Waals surface area contributed by atoms with Crippen LogP contribution >= 0.6 is 24.3 Å². The summed E-state index contributed by atoms with van der Waals surface area (Å²) in [7, 11) is -11.7. The molecule has 0 fully saturated rings. The minimum absolute atomic E-state index is 0.114. The number of nitrogen functional groups attached to an aromatic ring is 1. The SMILES string of the molecule is Nc1ccn(O[P+](=O)O[P+](=O)OP(=O)(O)O)c(=O)n1. The summed E-state index contributed by atoms with van der Waals surface area (Å²) in [5.74, 6) is -0.114. The molecule has 0 amide bonds. The van der Waals surface area contributed by atoms with Crippen molar-refractivity contribution in [2.75, 3.05) is 5.73 Å². The van der Waals surface area contributed by atoms with Gasteiger partial charge in [0, 0.05) is 15.2 Å². The third kappa shape index (κ3) is 5.95. The van der Waals surface area contributed by atoms with Crippen LogP contribution in [0.15, 0.2) is 17.1 Å². The van der Waals surface area contributed by atoms with E-state index in [0.29, 0.717) is 4.73 Å². The molecular formula is C4H6N3O9P3+2. The maximum atomic E-state index is 11.1. The van der Waals surface area contributed by atoms with E-state index in [1.807, 2.05) is 0 Å². The Morgan fingerprint density at radius 3 is 2.53 bits per heavy atom. The molecule has 1 aromatic heterocycles. The standard InChI is InChI=1S/C4H4N3O9P3/c5-3-1-2-7(4(8)6-3)14-17(9)15-18(10)16-19(11,12)13/h1-2H,(H2-2,5,6,8,11,12,13)/p+2. The van der Waals surface area contributed by atoms with Crippen LogP contribution in [0.25, 0.3) is 0 Å². The molecule has 1 aromatic rings. The highest BCUT2D eigenvalue weighted by Gasteiger charge is 2.47. The van der Waals surface area contributed by atoms with Gasteiger partial charge in [-0.05, 0) is 4.31 Å². The molecule has 19 heavy (non-hydrogen) atoms. The van der Waals surface area contributed by atoms with Crippen molar-refractivity contribution in [3.63, 3.8) is 0 Å². The Labute approximate surface area is 106 Å². The van der Waals surface area contributed by atoms with Gasteiger partial charge in [-0.3, -0.25) is 0 Å². The van der Waals surface area contributed by atoms with Gasteiger partial charge in [-0.1, -0.05) is 4.73 Å². The molecule has 0 spiro atoms. The molecule has 0 saturated heterocycles. The Kier molecular flexibility index (Phi) is 5.21. The van der Waals surface area contributed by atoms with Crippen LogP contribution in [0.1, 0.15) is 0 Å². The molecule has 0 aliphatic rings. The van der Waals surface area contributed by atoms with Gasteiger partial charge in [0.25, 0.3) is 0 Å². The summed E-state index contributed by atoms with van der Waals surface area (Å²) in [5.41, 5.74) is 4.14. The van der Waals surface area contributed by atoms with Crippen LogP contribution in [-0.2, 0) is 22.3 Å². The van der Waals surface area contributed by atoms with E-state index >= 15 is 0 Å². The van der Waals surface area contributed by atoms with Crippen LogP contribution in [0.2, 0.25) is 0 Å². The van der Waals surface area contributed by atoms with Crippen molar-refractivity contribution in [2.45, 2.75) is 0 Å². The van der Waals surface area contributed by atoms with Crippen molar-refractivity contribution in [2.24, 2.45) is 0 Å². The second-order valence-corrected chi connectivity index (χ2v) is 5.99. The second-order valence-electron chi connectivity index (χ2n) is 2.64. The lowest BCUT2D eigenvalue weighted by Gasteiger charge is -1.93. The van der Waals surface area contributed by atoms with Gasteiger partial charge in [-0.15, -0.1) is 4.62 Å². The van der Waals surface area contributed by atoms with E-state index in [1.165, 1.54) is 0 Å². The molecule has 2 unspecified atom stereocenters. The van der Waals surface area contributed by atoms with Crippen molar-refractivity contribution in [1.29, 1.82) is 0 Å². The normalized spacial score (nSPS) is 12.9. The van der Waals surface area contributed by atoms with E-state index < -0.39 is 30.0 Å². The van der Waals surface area contributed by atoms with E-state index in [9.17, 15) is 18.5 Å². The summed E-state index contributed by atoms with van der Waals surface area (Å²) < 4.78 is 44.4. The number of nitrogens with two attached hydrogens (primary N) is 1. The summed E-state index contributed by atoms with van der Waals surface area (Å²) in [5, 5.41) is 0. The first kappa shape index (κ1) is 15.8. The lowest BCUT2D eigenvalue weighted by molar-refractivity contribution is 0.231. The summed E-state index contributed by atoms with van der Waals surface area (Å²) in [4.78, 5) is 30.9. The zero-order valence-electron chi connectivity index (χ0n) is 8.72. The highest BCUT2D eigenvalue weighted by atomic mass is 31.3. The highest BCUT2D eigenvalue weighted by Crippen LogP contribution is 2.51. The van der Waals surface area contributed by atoms with Crippen LogP contribution in [0, 0.1) is 0 Å². The largest absolute Gasteiger partial charge is 0.821 e. The van der Waals surface area contributed by atoms with Gasteiger partial charge in [0.1, 0.15) is 5.82 Å². The maximum absolute atomic E-state index is 11.1. The fourth-order valence-corrected chi connectivity index (χ4v) is 2.61. The predicted octanol–water partition coefficient (Wildman–Crippen LogP) is -0.305. The fourth-order valence-electron chi connectivity index (χ4n) is 0.710. The molecule has 12 nitrogen and oxygen atoms in total. The van der Waals surface area contributed by atoms with Crippen molar-refractivity contribution < 1.29 is 36.7 Å². The first-order chi connectivity index (χ1) is 8.67. The van der Waals surface area contributed by atoms with Gasteiger partial charge in [0.05, 0.1) is 6.20 Å². The Morgan fingerprint density at radius 2 is 2.00 bits per heavy atom. The average molecular weight is 333 g/mol. The van der Waals surface area contributed by atoms with Crippen LogP contribution in [0.5, 0.6) is 0 Å². The molecule has 1 rings (SSSR count).